The van der Waals surface area contributed by atoms with E-state index in [1.54, 1.807) is 13.2 Å². The van der Waals surface area contributed by atoms with Crippen molar-refractivity contribution in [2.24, 2.45) is 0 Å². The maximum absolute atomic E-state index is 11.8. The van der Waals surface area contributed by atoms with Crippen molar-refractivity contribution in [1.29, 1.82) is 0 Å². The highest BCUT2D eigenvalue weighted by molar-refractivity contribution is 5.80. The summed E-state index contributed by atoms with van der Waals surface area (Å²) >= 11 is 0. The number of likely N-dealkylation sites (N-methyl/N-ethyl adjacent to an activating group) is 1. The molecule has 0 saturated heterocycles. The van der Waals surface area contributed by atoms with Gasteiger partial charge >= 0.3 is 5.97 Å². The summed E-state index contributed by atoms with van der Waals surface area (Å²) in [5.74, 6) is -0.879. The molecular formula is C15H19N3O2. The molecule has 1 heterocycles. The number of hydrogen-bond acceptors (Lipinski definition) is 3. The van der Waals surface area contributed by atoms with Gasteiger partial charge in [-0.15, -0.1) is 0 Å². The maximum atomic E-state index is 11.8. The van der Waals surface area contributed by atoms with Crippen LogP contribution in [0.3, 0.4) is 0 Å². The van der Waals surface area contributed by atoms with Gasteiger partial charge < -0.3 is 10.4 Å². The molecule has 1 aromatic carbocycles. The fourth-order valence-electron chi connectivity index (χ4n) is 2.38. The van der Waals surface area contributed by atoms with Crippen LogP contribution in [-0.4, -0.2) is 27.9 Å². The van der Waals surface area contributed by atoms with Crippen LogP contribution < -0.4 is 5.32 Å². The smallest absolute Gasteiger partial charge is 0.328 e. The standard InChI is InChI=1S/C15H19N3O2/c1-12-8-10-17-18(12)11-9-15(16-2,14(19)20)13-6-4-3-5-7-13/h3-8,10,16H,9,11H2,1-2H3,(H,19,20). The average Bonchev–Trinajstić information content (AvgIpc) is 2.86. The molecule has 5 nitrogen and oxygen atoms in total. The minimum absolute atomic E-state index is 0.422. The molecule has 0 aliphatic carbocycles. The van der Waals surface area contributed by atoms with Crippen LogP contribution in [0.4, 0.5) is 0 Å². The van der Waals surface area contributed by atoms with Gasteiger partial charge in [-0.25, -0.2) is 4.79 Å². The van der Waals surface area contributed by atoms with E-state index in [1.165, 1.54) is 0 Å². The van der Waals surface area contributed by atoms with Crippen molar-refractivity contribution >= 4 is 5.97 Å². The summed E-state index contributed by atoms with van der Waals surface area (Å²) in [6.07, 6.45) is 2.14. The lowest BCUT2D eigenvalue weighted by molar-refractivity contribution is -0.145. The number of nitrogens with zero attached hydrogens (tertiary/aromatic N) is 2. The van der Waals surface area contributed by atoms with Gasteiger partial charge in [-0.2, -0.15) is 5.10 Å². The van der Waals surface area contributed by atoms with Crippen molar-refractivity contribution in [1.82, 2.24) is 15.1 Å². The lowest BCUT2D eigenvalue weighted by atomic mass is 9.86. The first kappa shape index (κ1) is 14.3. The number of carboxylic acid groups (broad SMARTS) is 1. The van der Waals surface area contributed by atoms with Crippen LogP contribution in [0, 0.1) is 6.92 Å². The van der Waals surface area contributed by atoms with Gasteiger partial charge in [-0.3, -0.25) is 4.68 Å². The number of rotatable bonds is 6. The summed E-state index contributed by atoms with van der Waals surface area (Å²) in [5, 5.41) is 16.9. The molecule has 0 saturated carbocycles. The molecule has 20 heavy (non-hydrogen) atoms. The summed E-state index contributed by atoms with van der Waals surface area (Å²) in [5.41, 5.74) is 0.674. The number of carbonyl (C=O) groups is 1. The topological polar surface area (TPSA) is 67.2 Å². The first-order valence-corrected chi connectivity index (χ1v) is 6.56. The minimum Gasteiger partial charge on any atom is -0.480 e. The van der Waals surface area contributed by atoms with Gasteiger partial charge in [0.2, 0.25) is 0 Å². The van der Waals surface area contributed by atoms with E-state index in [4.69, 9.17) is 0 Å². The van der Waals surface area contributed by atoms with Crippen molar-refractivity contribution in [3.05, 3.63) is 53.9 Å². The van der Waals surface area contributed by atoms with Crippen LogP contribution >= 0.6 is 0 Å². The van der Waals surface area contributed by atoms with Crippen LogP contribution in [0.5, 0.6) is 0 Å². The predicted octanol–water partition coefficient (Wildman–Crippen LogP) is 1.78. The van der Waals surface area contributed by atoms with Gasteiger partial charge in [0.25, 0.3) is 0 Å². The van der Waals surface area contributed by atoms with Gasteiger partial charge in [0, 0.05) is 24.9 Å². The second-order valence-electron chi connectivity index (χ2n) is 4.77. The van der Waals surface area contributed by atoms with Crippen molar-refractivity contribution in [3.63, 3.8) is 0 Å². The molecule has 0 spiro atoms. The molecule has 1 unspecified atom stereocenters. The van der Waals surface area contributed by atoms with Crippen LogP contribution in [0.25, 0.3) is 0 Å². The normalized spacial score (nSPS) is 13.9. The highest BCUT2D eigenvalue weighted by Crippen LogP contribution is 2.26. The molecule has 5 heteroatoms. The maximum Gasteiger partial charge on any atom is 0.328 e. The number of benzene rings is 1. The molecule has 0 aliphatic heterocycles. The van der Waals surface area contributed by atoms with Crippen LogP contribution in [0.2, 0.25) is 0 Å². The summed E-state index contributed by atoms with van der Waals surface area (Å²) in [6.45, 7) is 2.50. The first-order chi connectivity index (χ1) is 9.60. The number of hydrogen-bond donors (Lipinski definition) is 2. The van der Waals surface area contributed by atoms with Crippen LogP contribution in [-0.2, 0) is 16.9 Å². The van der Waals surface area contributed by atoms with Crippen molar-refractivity contribution < 1.29 is 9.90 Å². The molecule has 1 aromatic heterocycles. The van der Waals surface area contributed by atoms with Crippen LogP contribution in [0.15, 0.2) is 42.6 Å². The number of aliphatic carboxylic acids is 1. The second kappa shape index (κ2) is 5.88. The molecule has 1 atom stereocenters. The number of aromatic nitrogens is 2. The van der Waals surface area contributed by atoms with E-state index in [-0.39, 0.29) is 0 Å². The molecule has 106 valence electrons. The van der Waals surface area contributed by atoms with Gasteiger partial charge in [0.1, 0.15) is 5.54 Å². The molecule has 0 amide bonds. The molecular weight excluding hydrogens is 254 g/mol. The third-order valence-electron chi connectivity index (χ3n) is 3.69. The third kappa shape index (κ3) is 2.58. The quantitative estimate of drug-likeness (QED) is 0.842. The third-order valence-corrected chi connectivity index (χ3v) is 3.69. The van der Waals surface area contributed by atoms with Crippen LogP contribution in [0.1, 0.15) is 17.7 Å². The Hall–Kier alpha value is -2.14. The Morgan fingerprint density at radius 2 is 2.05 bits per heavy atom. The minimum atomic E-state index is -1.10. The molecule has 2 N–H and O–H groups in total. The Kier molecular flexibility index (Phi) is 4.20. The zero-order valence-corrected chi connectivity index (χ0v) is 11.7. The molecule has 0 bridgehead atoms. The Bertz CT molecular complexity index is 580. The van der Waals surface area contributed by atoms with Gasteiger partial charge in [-0.05, 0) is 25.6 Å². The Balaban J connectivity index is 2.29. The van der Waals surface area contributed by atoms with Gasteiger partial charge in [0.15, 0.2) is 0 Å². The summed E-state index contributed by atoms with van der Waals surface area (Å²) < 4.78 is 1.82. The highest BCUT2D eigenvalue weighted by Gasteiger charge is 2.38. The van der Waals surface area contributed by atoms with E-state index in [0.29, 0.717) is 13.0 Å². The molecule has 0 aliphatic rings. The van der Waals surface area contributed by atoms with E-state index in [2.05, 4.69) is 10.4 Å². The summed E-state index contributed by atoms with van der Waals surface area (Å²) in [6, 6.07) is 11.2. The van der Waals surface area contributed by atoms with E-state index < -0.39 is 11.5 Å². The fourth-order valence-corrected chi connectivity index (χ4v) is 2.38. The lowest BCUT2D eigenvalue weighted by Gasteiger charge is -2.29. The van der Waals surface area contributed by atoms with E-state index >= 15 is 0 Å². The van der Waals surface area contributed by atoms with Gasteiger partial charge in [-0.1, -0.05) is 30.3 Å². The Labute approximate surface area is 118 Å². The molecule has 0 fully saturated rings. The highest BCUT2D eigenvalue weighted by atomic mass is 16.4. The van der Waals surface area contributed by atoms with E-state index in [0.717, 1.165) is 11.3 Å². The summed E-state index contributed by atoms with van der Waals surface area (Å²) in [7, 11) is 1.68. The fraction of sp³-hybridized carbons (Fsp3) is 0.333. The monoisotopic (exact) mass is 273 g/mol. The van der Waals surface area contributed by atoms with Crippen molar-refractivity contribution in [3.8, 4) is 0 Å². The van der Waals surface area contributed by atoms with Crippen molar-refractivity contribution in [2.45, 2.75) is 25.4 Å². The molecule has 2 aromatic rings. The molecule has 2 rings (SSSR count). The van der Waals surface area contributed by atoms with Crippen molar-refractivity contribution in [2.75, 3.05) is 7.05 Å². The van der Waals surface area contributed by atoms with E-state index in [9.17, 15) is 9.90 Å². The average molecular weight is 273 g/mol. The number of aryl methyl sites for hydroxylation is 2. The number of carboxylic acids is 1. The summed E-state index contributed by atoms with van der Waals surface area (Å²) in [4.78, 5) is 11.8. The first-order valence-electron chi connectivity index (χ1n) is 6.56. The second-order valence-corrected chi connectivity index (χ2v) is 4.77. The predicted molar refractivity (Wildman–Crippen MR) is 76.4 cm³/mol. The SMILES string of the molecule is CNC(CCn1nccc1C)(C(=O)O)c1ccccc1. The zero-order valence-electron chi connectivity index (χ0n) is 11.7. The zero-order chi connectivity index (χ0) is 14.6. The van der Waals surface area contributed by atoms with Gasteiger partial charge in [0.05, 0.1) is 0 Å². The molecule has 0 radical (unpaired) electrons. The van der Waals surface area contributed by atoms with E-state index in [1.807, 2.05) is 48.0 Å². The Morgan fingerprint density at radius 1 is 1.35 bits per heavy atom. The largest absolute Gasteiger partial charge is 0.480 e. The number of nitrogens with one attached hydrogen (secondary N) is 1. The lowest BCUT2D eigenvalue weighted by Crippen LogP contribution is -2.48. The Morgan fingerprint density at radius 3 is 2.55 bits per heavy atom.